The van der Waals surface area contributed by atoms with Crippen molar-refractivity contribution in [1.29, 1.82) is 0 Å². The van der Waals surface area contributed by atoms with E-state index in [2.05, 4.69) is 32.0 Å². The molecule has 28 heavy (non-hydrogen) atoms. The van der Waals surface area contributed by atoms with E-state index in [0.717, 1.165) is 30.2 Å². The predicted octanol–water partition coefficient (Wildman–Crippen LogP) is 3.25. The van der Waals surface area contributed by atoms with Crippen LogP contribution in [0.1, 0.15) is 23.6 Å². The van der Waals surface area contributed by atoms with E-state index in [1.165, 1.54) is 22.9 Å². The minimum atomic E-state index is 0.0145. The Morgan fingerprint density at radius 2 is 1.93 bits per heavy atom. The Morgan fingerprint density at radius 1 is 1.11 bits per heavy atom. The Balaban J connectivity index is 1.59. The van der Waals surface area contributed by atoms with Gasteiger partial charge in [0.15, 0.2) is 5.82 Å². The van der Waals surface area contributed by atoms with E-state index in [0.29, 0.717) is 15.9 Å². The molecule has 2 aromatic heterocycles. The summed E-state index contributed by atoms with van der Waals surface area (Å²) in [5.74, 6) is 1.34. The number of hydrogen-bond acceptors (Lipinski definition) is 8. The quantitative estimate of drug-likeness (QED) is 0.598. The van der Waals surface area contributed by atoms with Crippen LogP contribution in [0.25, 0.3) is 0 Å². The summed E-state index contributed by atoms with van der Waals surface area (Å²) in [6, 6.07) is 10.0. The van der Waals surface area contributed by atoms with Gasteiger partial charge in [0.25, 0.3) is 0 Å². The fraction of sp³-hybridized carbons (Fsp3) is 0.211. The number of nitrogens with zero attached hydrogens (tertiary/aromatic N) is 4. The fourth-order valence-corrected chi connectivity index (χ4v) is 4.22. The first-order valence-electron chi connectivity index (χ1n) is 8.81. The molecule has 7 nitrogen and oxygen atoms in total. The van der Waals surface area contributed by atoms with Crippen molar-refractivity contribution in [1.82, 2.24) is 15.0 Å². The average molecular weight is 414 g/mol. The molecule has 3 aromatic rings. The highest BCUT2D eigenvalue weighted by Gasteiger charge is 2.21. The summed E-state index contributed by atoms with van der Waals surface area (Å²) < 4.78 is 0. The second-order valence-corrected chi connectivity index (χ2v) is 7.95. The van der Waals surface area contributed by atoms with E-state index >= 15 is 0 Å². The normalized spacial score (nSPS) is 16.5. The van der Waals surface area contributed by atoms with Gasteiger partial charge in [-0.2, -0.15) is 0 Å². The summed E-state index contributed by atoms with van der Waals surface area (Å²) in [4.78, 5) is 15.9. The lowest BCUT2D eigenvalue weighted by atomic mass is 10.0. The highest BCUT2D eigenvalue weighted by molar-refractivity contribution is 7.99. The van der Waals surface area contributed by atoms with Crippen molar-refractivity contribution in [2.75, 3.05) is 22.9 Å². The van der Waals surface area contributed by atoms with Crippen LogP contribution < -0.4 is 22.1 Å². The first-order valence-corrected chi connectivity index (χ1v) is 10.0. The van der Waals surface area contributed by atoms with Gasteiger partial charge in [-0.25, -0.2) is 15.0 Å². The smallest absolute Gasteiger partial charge is 0.158 e. The standard InChI is InChI=1S/C19H20ClN7S/c20-16-14(5-7-24-17(16)22)28-19-18(23)26-15(9-25-19)27-8-6-13(21)12-4-2-1-3-11(12)10-27/h1-5,7,9,13H,6,8,10,21H2,(H2,22,24)(H2,23,26). The molecular weight excluding hydrogens is 394 g/mol. The molecule has 3 heterocycles. The lowest BCUT2D eigenvalue weighted by molar-refractivity contribution is 0.650. The summed E-state index contributed by atoms with van der Waals surface area (Å²) in [5, 5.41) is 0.957. The van der Waals surface area contributed by atoms with Crippen molar-refractivity contribution in [2.45, 2.75) is 28.9 Å². The third kappa shape index (κ3) is 3.71. The van der Waals surface area contributed by atoms with Crippen LogP contribution in [0.2, 0.25) is 5.02 Å². The van der Waals surface area contributed by atoms with Crippen molar-refractivity contribution in [3.63, 3.8) is 0 Å². The Morgan fingerprint density at radius 3 is 2.75 bits per heavy atom. The molecule has 6 N–H and O–H groups in total. The largest absolute Gasteiger partial charge is 0.382 e. The minimum Gasteiger partial charge on any atom is -0.382 e. The Bertz CT molecular complexity index is 1010. The van der Waals surface area contributed by atoms with Gasteiger partial charge in [-0.1, -0.05) is 47.6 Å². The van der Waals surface area contributed by atoms with E-state index in [4.69, 9.17) is 28.8 Å². The molecule has 1 unspecified atom stereocenters. The Labute approximate surface area is 172 Å². The van der Waals surface area contributed by atoms with E-state index in [1.54, 1.807) is 18.5 Å². The minimum absolute atomic E-state index is 0.0145. The zero-order valence-electron chi connectivity index (χ0n) is 15.0. The molecule has 0 bridgehead atoms. The third-order valence-corrected chi connectivity index (χ3v) is 6.27. The number of benzene rings is 1. The Kier molecular flexibility index (Phi) is 5.25. The second-order valence-electron chi connectivity index (χ2n) is 6.54. The highest BCUT2D eigenvalue weighted by atomic mass is 35.5. The van der Waals surface area contributed by atoms with Gasteiger partial charge in [0.2, 0.25) is 0 Å². The first kappa shape index (κ1) is 18.8. The second kappa shape index (κ2) is 7.83. The fourth-order valence-electron chi connectivity index (χ4n) is 3.21. The number of anilines is 3. The van der Waals surface area contributed by atoms with Gasteiger partial charge in [0.1, 0.15) is 16.7 Å². The van der Waals surface area contributed by atoms with Gasteiger partial charge in [-0.3, -0.25) is 0 Å². The van der Waals surface area contributed by atoms with Gasteiger partial charge in [0.05, 0.1) is 11.2 Å². The molecule has 1 atom stereocenters. The summed E-state index contributed by atoms with van der Waals surface area (Å²) in [6.45, 7) is 1.50. The molecular formula is C19H20ClN7S. The molecule has 1 aromatic carbocycles. The van der Waals surface area contributed by atoms with Crippen LogP contribution in [0.5, 0.6) is 0 Å². The number of aromatic nitrogens is 3. The van der Waals surface area contributed by atoms with Gasteiger partial charge < -0.3 is 22.1 Å². The van der Waals surface area contributed by atoms with Crippen LogP contribution in [0.3, 0.4) is 0 Å². The van der Waals surface area contributed by atoms with E-state index in [-0.39, 0.29) is 11.9 Å². The monoisotopic (exact) mass is 413 g/mol. The molecule has 4 rings (SSSR count). The molecule has 1 aliphatic rings. The zero-order chi connectivity index (χ0) is 19.7. The van der Waals surface area contributed by atoms with E-state index in [9.17, 15) is 0 Å². The van der Waals surface area contributed by atoms with Crippen LogP contribution in [0.4, 0.5) is 17.5 Å². The molecule has 0 aliphatic carbocycles. The van der Waals surface area contributed by atoms with Gasteiger partial charge in [-0.15, -0.1) is 0 Å². The molecule has 0 spiro atoms. The van der Waals surface area contributed by atoms with E-state index < -0.39 is 0 Å². The van der Waals surface area contributed by atoms with Crippen molar-refractivity contribution < 1.29 is 0 Å². The zero-order valence-corrected chi connectivity index (χ0v) is 16.6. The Hall–Kier alpha value is -2.55. The van der Waals surface area contributed by atoms with Gasteiger partial charge in [0, 0.05) is 30.2 Å². The number of fused-ring (bicyclic) bond motifs is 1. The summed E-state index contributed by atoms with van der Waals surface area (Å²) in [5.41, 5.74) is 20.7. The molecule has 0 amide bonds. The number of nitrogens with two attached hydrogens (primary N) is 3. The van der Waals surface area contributed by atoms with Crippen molar-refractivity contribution >= 4 is 40.8 Å². The summed E-state index contributed by atoms with van der Waals surface area (Å²) in [7, 11) is 0. The van der Waals surface area contributed by atoms with Crippen LogP contribution in [-0.4, -0.2) is 21.5 Å². The third-order valence-electron chi connectivity index (χ3n) is 4.69. The molecule has 0 saturated heterocycles. The summed E-state index contributed by atoms with van der Waals surface area (Å²) in [6.07, 6.45) is 4.16. The topological polar surface area (TPSA) is 120 Å². The highest BCUT2D eigenvalue weighted by Crippen LogP contribution is 2.37. The molecule has 144 valence electrons. The van der Waals surface area contributed by atoms with Crippen LogP contribution in [-0.2, 0) is 6.54 Å². The molecule has 0 fully saturated rings. The lowest BCUT2D eigenvalue weighted by Crippen LogP contribution is -2.24. The van der Waals surface area contributed by atoms with E-state index in [1.807, 2.05) is 12.1 Å². The number of nitrogen functional groups attached to an aromatic ring is 2. The molecule has 0 saturated carbocycles. The maximum atomic E-state index is 6.33. The van der Waals surface area contributed by atoms with Crippen LogP contribution >= 0.6 is 23.4 Å². The van der Waals surface area contributed by atoms with Crippen molar-refractivity contribution in [3.05, 3.63) is 58.9 Å². The SMILES string of the molecule is Nc1nc(N2CCC(N)c3ccccc3C2)cnc1Sc1ccnc(N)c1Cl. The summed E-state index contributed by atoms with van der Waals surface area (Å²) >= 11 is 7.53. The number of hydrogen-bond donors (Lipinski definition) is 3. The number of halogens is 1. The lowest BCUT2D eigenvalue weighted by Gasteiger charge is -2.22. The van der Waals surface area contributed by atoms with Gasteiger partial charge in [-0.05, 0) is 23.6 Å². The van der Waals surface area contributed by atoms with Crippen molar-refractivity contribution in [3.8, 4) is 0 Å². The first-order chi connectivity index (χ1) is 13.5. The van der Waals surface area contributed by atoms with Crippen molar-refractivity contribution in [2.24, 2.45) is 5.73 Å². The number of pyridine rings is 1. The molecule has 0 radical (unpaired) electrons. The predicted molar refractivity (Wildman–Crippen MR) is 113 cm³/mol. The molecule has 9 heteroatoms. The van der Waals surface area contributed by atoms with Gasteiger partial charge >= 0.3 is 0 Å². The maximum absolute atomic E-state index is 6.33. The average Bonchev–Trinajstić information content (AvgIpc) is 2.86. The van der Waals surface area contributed by atoms with Crippen LogP contribution in [0.15, 0.2) is 52.6 Å². The maximum Gasteiger partial charge on any atom is 0.158 e. The molecule has 1 aliphatic heterocycles. The van der Waals surface area contributed by atoms with Crippen LogP contribution in [0, 0.1) is 0 Å². The number of rotatable bonds is 3.